The molecule has 0 bridgehead atoms. The van der Waals surface area contributed by atoms with Crippen LogP contribution >= 0.6 is 27.3 Å². The second-order valence-corrected chi connectivity index (χ2v) is 7.33. The number of hydrogen-bond acceptors (Lipinski definition) is 5. The summed E-state index contributed by atoms with van der Waals surface area (Å²) < 4.78 is 11.0. The van der Waals surface area contributed by atoms with Crippen LogP contribution in [0.15, 0.2) is 58.4 Å². The van der Waals surface area contributed by atoms with Crippen LogP contribution in [-0.2, 0) is 4.74 Å². The predicted octanol–water partition coefficient (Wildman–Crippen LogP) is 5.23. The van der Waals surface area contributed by atoms with Gasteiger partial charge in [-0.2, -0.15) is 0 Å². The van der Waals surface area contributed by atoms with Gasteiger partial charge in [0.05, 0.1) is 14.2 Å². The number of anilines is 1. The van der Waals surface area contributed by atoms with Crippen molar-refractivity contribution < 1.29 is 19.1 Å². The van der Waals surface area contributed by atoms with Crippen molar-refractivity contribution >= 4 is 44.1 Å². The molecular weight excluding hydrogens is 430 g/mol. The summed E-state index contributed by atoms with van der Waals surface area (Å²) in [5.41, 5.74) is 2.34. The van der Waals surface area contributed by atoms with Gasteiger partial charge in [0, 0.05) is 21.0 Å². The van der Waals surface area contributed by atoms with E-state index in [1.54, 1.807) is 24.3 Å². The molecule has 138 valence electrons. The van der Waals surface area contributed by atoms with Crippen LogP contribution in [0.3, 0.4) is 0 Å². The molecule has 7 heteroatoms. The number of carbonyl (C=O) groups is 2. The van der Waals surface area contributed by atoms with Crippen molar-refractivity contribution in [2.75, 3.05) is 19.5 Å². The number of methoxy groups -OCH3 is 2. The summed E-state index contributed by atoms with van der Waals surface area (Å²) in [6, 6.07) is 14.4. The highest BCUT2D eigenvalue weighted by Gasteiger charge is 2.22. The highest BCUT2D eigenvalue weighted by molar-refractivity contribution is 9.10. The lowest BCUT2D eigenvalue weighted by Gasteiger charge is -2.09. The Labute approximate surface area is 169 Å². The maximum absolute atomic E-state index is 12.6. The molecule has 2 aromatic carbocycles. The molecule has 3 aromatic rings. The normalized spacial score (nSPS) is 10.3. The van der Waals surface area contributed by atoms with Crippen molar-refractivity contribution in [3.63, 3.8) is 0 Å². The molecule has 0 aliphatic carbocycles. The summed E-state index contributed by atoms with van der Waals surface area (Å²) in [6.07, 6.45) is 0. The van der Waals surface area contributed by atoms with Crippen LogP contribution in [0.25, 0.3) is 11.1 Å². The smallest absolute Gasteiger partial charge is 0.341 e. The van der Waals surface area contributed by atoms with E-state index in [9.17, 15) is 9.59 Å². The summed E-state index contributed by atoms with van der Waals surface area (Å²) in [5, 5.41) is 5.08. The molecule has 0 spiro atoms. The van der Waals surface area contributed by atoms with Crippen LogP contribution in [-0.4, -0.2) is 26.1 Å². The first-order valence-electron chi connectivity index (χ1n) is 7.94. The Balaban J connectivity index is 1.96. The van der Waals surface area contributed by atoms with Gasteiger partial charge in [0.2, 0.25) is 0 Å². The van der Waals surface area contributed by atoms with Crippen molar-refractivity contribution in [3.8, 4) is 16.9 Å². The Morgan fingerprint density at radius 3 is 2.48 bits per heavy atom. The number of rotatable bonds is 5. The van der Waals surface area contributed by atoms with E-state index in [0.29, 0.717) is 27.4 Å². The zero-order valence-corrected chi connectivity index (χ0v) is 17.0. The molecule has 0 fully saturated rings. The number of hydrogen-bond donors (Lipinski definition) is 1. The maximum Gasteiger partial charge on any atom is 0.341 e. The van der Waals surface area contributed by atoms with Gasteiger partial charge in [-0.3, -0.25) is 4.79 Å². The highest BCUT2D eigenvalue weighted by Crippen LogP contribution is 2.37. The first-order chi connectivity index (χ1) is 13.0. The lowest BCUT2D eigenvalue weighted by Crippen LogP contribution is -2.14. The Kier molecular flexibility index (Phi) is 5.93. The summed E-state index contributed by atoms with van der Waals surface area (Å²) in [5.74, 6) is -0.254. The molecule has 0 saturated heterocycles. The topological polar surface area (TPSA) is 64.6 Å². The molecule has 0 unspecified atom stereocenters. The van der Waals surface area contributed by atoms with E-state index < -0.39 is 5.97 Å². The monoisotopic (exact) mass is 445 g/mol. The highest BCUT2D eigenvalue weighted by atomic mass is 79.9. The van der Waals surface area contributed by atoms with Gasteiger partial charge in [0.25, 0.3) is 5.91 Å². The minimum atomic E-state index is -0.505. The molecular formula is C20H16BrNO4S. The number of benzene rings is 2. The van der Waals surface area contributed by atoms with Gasteiger partial charge in [0.1, 0.15) is 16.3 Å². The molecule has 1 heterocycles. The van der Waals surface area contributed by atoms with Crippen molar-refractivity contribution in [3.05, 3.63) is 69.5 Å². The number of nitrogens with one attached hydrogen (secondary N) is 1. The van der Waals surface area contributed by atoms with E-state index in [2.05, 4.69) is 21.2 Å². The van der Waals surface area contributed by atoms with E-state index in [0.717, 1.165) is 10.0 Å². The number of halogens is 1. The van der Waals surface area contributed by atoms with Crippen LogP contribution in [0.1, 0.15) is 20.7 Å². The van der Waals surface area contributed by atoms with E-state index in [4.69, 9.17) is 9.47 Å². The molecule has 5 nitrogen and oxygen atoms in total. The fourth-order valence-corrected chi connectivity index (χ4v) is 3.75. The number of ether oxygens (including phenoxy) is 2. The van der Waals surface area contributed by atoms with E-state index in [1.165, 1.54) is 25.6 Å². The van der Waals surface area contributed by atoms with Gasteiger partial charge in [-0.15, -0.1) is 11.3 Å². The lowest BCUT2D eigenvalue weighted by atomic mass is 10.0. The third-order valence-corrected chi connectivity index (χ3v) is 5.32. The lowest BCUT2D eigenvalue weighted by molar-refractivity contribution is 0.0603. The van der Waals surface area contributed by atoms with E-state index >= 15 is 0 Å². The molecule has 0 atom stereocenters. The van der Waals surface area contributed by atoms with Gasteiger partial charge in [-0.05, 0) is 35.9 Å². The van der Waals surface area contributed by atoms with Gasteiger partial charge in [-0.1, -0.05) is 34.1 Å². The number of amides is 1. The van der Waals surface area contributed by atoms with Crippen LogP contribution in [0, 0.1) is 0 Å². The average molecular weight is 446 g/mol. The Bertz CT molecular complexity index is 982. The number of thiophene rings is 1. The minimum absolute atomic E-state index is 0.330. The summed E-state index contributed by atoms with van der Waals surface area (Å²) in [7, 11) is 2.86. The van der Waals surface area contributed by atoms with Crippen LogP contribution in [0.5, 0.6) is 5.75 Å². The van der Waals surface area contributed by atoms with Crippen molar-refractivity contribution in [2.24, 2.45) is 0 Å². The molecule has 0 radical (unpaired) electrons. The summed E-state index contributed by atoms with van der Waals surface area (Å²) >= 11 is 4.67. The zero-order chi connectivity index (χ0) is 19.4. The SMILES string of the molecule is COC(=O)c1c(-c2ccc(Br)cc2)csc1NC(=O)c1cccc(OC)c1. The van der Waals surface area contributed by atoms with Crippen molar-refractivity contribution in [2.45, 2.75) is 0 Å². The van der Waals surface area contributed by atoms with Crippen LogP contribution < -0.4 is 10.1 Å². The molecule has 1 N–H and O–H groups in total. The van der Waals surface area contributed by atoms with Crippen LogP contribution in [0.4, 0.5) is 5.00 Å². The number of esters is 1. The molecule has 0 aliphatic heterocycles. The Hall–Kier alpha value is -2.64. The zero-order valence-electron chi connectivity index (χ0n) is 14.6. The largest absolute Gasteiger partial charge is 0.497 e. The molecule has 27 heavy (non-hydrogen) atoms. The molecule has 3 rings (SSSR count). The first-order valence-corrected chi connectivity index (χ1v) is 9.62. The van der Waals surface area contributed by atoms with Crippen molar-refractivity contribution in [1.82, 2.24) is 0 Å². The van der Waals surface area contributed by atoms with Crippen molar-refractivity contribution in [1.29, 1.82) is 0 Å². The summed E-state index contributed by atoms with van der Waals surface area (Å²) in [4.78, 5) is 25.0. The minimum Gasteiger partial charge on any atom is -0.497 e. The third-order valence-electron chi connectivity index (χ3n) is 3.89. The fourth-order valence-electron chi connectivity index (χ4n) is 2.54. The Morgan fingerprint density at radius 2 is 1.81 bits per heavy atom. The van der Waals surface area contributed by atoms with Gasteiger partial charge in [-0.25, -0.2) is 4.79 Å². The Morgan fingerprint density at radius 1 is 1.07 bits per heavy atom. The number of carbonyl (C=O) groups excluding carboxylic acids is 2. The summed E-state index contributed by atoms with van der Waals surface area (Å²) in [6.45, 7) is 0. The molecule has 1 aromatic heterocycles. The molecule has 0 saturated carbocycles. The van der Waals surface area contributed by atoms with Gasteiger partial charge in [0.15, 0.2) is 0 Å². The van der Waals surface area contributed by atoms with E-state index in [1.807, 2.05) is 29.6 Å². The quantitative estimate of drug-likeness (QED) is 0.546. The molecule has 1 amide bonds. The average Bonchev–Trinajstić information content (AvgIpc) is 3.11. The van der Waals surface area contributed by atoms with E-state index in [-0.39, 0.29) is 5.91 Å². The maximum atomic E-state index is 12.6. The third kappa shape index (κ3) is 4.20. The fraction of sp³-hybridized carbons (Fsp3) is 0.100. The predicted molar refractivity (Wildman–Crippen MR) is 110 cm³/mol. The molecule has 0 aliphatic rings. The van der Waals surface area contributed by atoms with Gasteiger partial charge < -0.3 is 14.8 Å². The second kappa shape index (κ2) is 8.37. The standard InChI is InChI=1S/C20H16BrNO4S/c1-25-15-5-3-4-13(10-15)18(23)22-19-17(20(24)26-2)16(11-27-19)12-6-8-14(21)9-7-12/h3-11H,1-2H3,(H,22,23). The van der Waals surface area contributed by atoms with Crippen LogP contribution in [0.2, 0.25) is 0 Å². The first kappa shape index (κ1) is 19.1. The van der Waals surface area contributed by atoms with Gasteiger partial charge >= 0.3 is 5.97 Å². The second-order valence-electron chi connectivity index (χ2n) is 5.54.